The Labute approximate surface area is 299 Å². The molecule has 0 aliphatic heterocycles. The molecule has 2 heterocycles. The van der Waals surface area contributed by atoms with Crippen molar-refractivity contribution in [3.05, 3.63) is 176 Å². The number of aromatic nitrogens is 3. The Hall–Kier alpha value is -6.49. The van der Waals surface area contributed by atoms with Crippen molar-refractivity contribution in [3.8, 4) is 56.4 Å². The zero-order valence-electron chi connectivity index (χ0n) is 27.5. The van der Waals surface area contributed by atoms with Crippen LogP contribution in [0.25, 0.3) is 98.1 Å². The van der Waals surface area contributed by atoms with Gasteiger partial charge in [-0.1, -0.05) is 158 Å². The summed E-state index contributed by atoms with van der Waals surface area (Å²) in [7, 11) is 0. The number of thiophene rings is 1. The number of nitrogens with zero attached hydrogens (tertiary/aromatic N) is 3. The van der Waals surface area contributed by atoms with Gasteiger partial charge in [0.25, 0.3) is 0 Å². The average Bonchev–Trinajstić information content (AvgIpc) is 3.58. The summed E-state index contributed by atoms with van der Waals surface area (Å²) in [6.07, 6.45) is 0. The van der Waals surface area contributed by atoms with Crippen molar-refractivity contribution >= 4 is 53.1 Å². The van der Waals surface area contributed by atoms with Gasteiger partial charge in [0.1, 0.15) is 0 Å². The molecule has 0 fully saturated rings. The minimum atomic E-state index is 0.648. The van der Waals surface area contributed by atoms with E-state index in [-0.39, 0.29) is 0 Å². The fourth-order valence-corrected chi connectivity index (χ4v) is 8.33. The van der Waals surface area contributed by atoms with Gasteiger partial charge in [-0.25, -0.2) is 15.0 Å². The van der Waals surface area contributed by atoms with E-state index >= 15 is 0 Å². The normalized spacial score (nSPS) is 11.5. The van der Waals surface area contributed by atoms with Crippen LogP contribution in [0.5, 0.6) is 0 Å². The molecule has 0 aliphatic rings. The third-order valence-corrected chi connectivity index (χ3v) is 10.9. The summed E-state index contributed by atoms with van der Waals surface area (Å²) in [5, 5.41) is 7.35. The molecular formula is C47H29N3S. The molecule has 0 unspecified atom stereocenters. The third kappa shape index (κ3) is 5.25. The highest BCUT2D eigenvalue weighted by Crippen LogP contribution is 2.38. The molecule has 0 amide bonds. The van der Waals surface area contributed by atoms with Crippen molar-refractivity contribution in [2.75, 3.05) is 0 Å². The fourth-order valence-electron chi connectivity index (χ4n) is 7.18. The van der Waals surface area contributed by atoms with Crippen LogP contribution in [-0.4, -0.2) is 15.0 Å². The van der Waals surface area contributed by atoms with Crippen molar-refractivity contribution in [2.24, 2.45) is 0 Å². The van der Waals surface area contributed by atoms with Crippen LogP contribution >= 0.6 is 11.3 Å². The summed E-state index contributed by atoms with van der Waals surface area (Å²) in [6.45, 7) is 0. The summed E-state index contributed by atoms with van der Waals surface area (Å²) in [5.74, 6) is 1.95. The van der Waals surface area contributed by atoms with Crippen molar-refractivity contribution in [1.82, 2.24) is 15.0 Å². The first-order valence-corrected chi connectivity index (χ1v) is 17.9. The Kier molecular flexibility index (Phi) is 7.00. The highest BCUT2D eigenvalue weighted by atomic mass is 32.1. The van der Waals surface area contributed by atoms with Crippen molar-refractivity contribution in [2.45, 2.75) is 0 Å². The first kappa shape index (κ1) is 29.4. The van der Waals surface area contributed by atoms with Crippen molar-refractivity contribution in [3.63, 3.8) is 0 Å². The molecule has 0 saturated carbocycles. The van der Waals surface area contributed by atoms with Gasteiger partial charge in [0.2, 0.25) is 0 Å². The topological polar surface area (TPSA) is 38.7 Å². The monoisotopic (exact) mass is 667 g/mol. The van der Waals surface area contributed by atoms with Gasteiger partial charge in [-0.2, -0.15) is 0 Å². The Morgan fingerprint density at radius 2 is 0.843 bits per heavy atom. The van der Waals surface area contributed by atoms with Gasteiger partial charge >= 0.3 is 0 Å². The molecule has 0 N–H and O–H groups in total. The van der Waals surface area contributed by atoms with Crippen LogP contribution < -0.4 is 0 Å². The Bertz CT molecular complexity index is 2900. The maximum Gasteiger partial charge on any atom is 0.164 e. The first-order chi connectivity index (χ1) is 25.2. The van der Waals surface area contributed by atoms with E-state index < -0.39 is 0 Å². The molecule has 0 aliphatic carbocycles. The summed E-state index contributed by atoms with van der Waals surface area (Å²) in [4.78, 5) is 15.2. The fraction of sp³-hybridized carbons (Fsp3) is 0. The SMILES string of the molecule is c1ccc(-c2nc(-c3ccc(-c4ccc5c(c4)sc4ccccc45)cc3)nc(-c3cccc4cc(-c5cccc6ccccc56)ccc34)n2)cc1. The van der Waals surface area contributed by atoms with Crippen LogP contribution in [-0.2, 0) is 0 Å². The molecule has 51 heavy (non-hydrogen) atoms. The standard InChI is InChI=1S/C47H29N3S/c1-2-11-32(12-3-1)45-48-46(33-22-20-30(21-23-33)34-24-27-41-40-16-6-7-19-43(40)51-44(41)29-34)50-47(49-45)42-18-9-14-35-28-36(25-26-39(35)42)38-17-8-13-31-10-4-5-15-37(31)38/h1-29H. The summed E-state index contributed by atoms with van der Waals surface area (Å²) >= 11 is 1.84. The maximum atomic E-state index is 5.12. The van der Waals surface area contributed by atoms with E-state index in [4.69, 9.17) is 15.0 Å². The van der Waals surface area contributed by atoms with Gasteiger partial charge in [0.05, 0.1) is 0 Å². The van der Waals surface area contributed by atoms with E-state index in [1.807, 2.05) is 29.5 Å². The highest BCUT2D eigenvalue weighted by Gasteiger charge is 2.15. The zero-order chi connectivity index (χ0) is 33.7. The van der Waals surface area contributed by atoms with Crippen LogP contribution in [0.15, 0.2) is 176 Å². The van der Waals surface area contributed by atoms with Crippen molar-refractivity contribution in [1.29, 1.82) is 0 Å². The minimum Gasteiger partial charge on any atom is -0.208 e. The molecule has 8 aromatic carbocycles. The molecule has 3 nitrogen and oxygen atoms in total. The number of hydrogen-bond donors (Lipinski definition) is 0. The lowest BCUT2D eigenvalue weighted by molar-refractivity contribution is 1.08. The van der Waals surface area contributed by atoms with E-state index in [1.54, 1.807) is 0 Å². The second-order valence-corrected chi connectivity index (χ2v) is 13.9. The summed E-state index contributed by atoms with van der Waals surface area (Å²) in [5.41, 5.74) is 7.64. The van der Waals surface area contributed by atoms with Gasteiger partial charge in [0, 0.05) is 36.9 Å². The van der Waals surface area contributed by atoms with Gasteiger partial charge in [-0.3, -0.25) is 0 Å². The van der Waals surface area contributed by atoms with Crippen LogP contribution in [0.4, 0.5) is 0 Å². The quantitative estimate of drug-likeness (QED) is 0.183. The highest BCUT2D eigenvalue weighted by molar-refractivity contribution is 7.25. The van der Waals surface area contributed by atoms with Gasteiger partial charge < -0.3 is 0 Å². The van der Waals surface area contributed by atoms with Crippen LogP contribution in [0, 0.1) is 0 Å². The maximum absolute atomic E-state index is 5.12. The van der Waals surface area contributed by atoms with E-state index in [9.17, 15) is 0 Å². The molecule has 0 spiro atoms. The van der Waals surface area contributed by atoms with Crippen LogP contribution in [0.1, 0.15) is 0 Å². The minimum absolute atomic E-state index is 0.648. The second-order valence-electron chi connectivity index (χ2n) is 12.8. The van der Waals surface area contributed by atoms with E-state index in [2.05, 4.69) is 158 Å². The lowest BCUT2D eigenvalue weighted by Crippen LogP contribution is -2.00. The molecule has 238 valence electrons. The number of hydrogen-bond acceptors (Lipinski definition) is 4. The Morgan fingerprint density at radius 1 is 0.294 bits per heavy atom. The van der Waals surface area contributed by atoms with Crippen LogP contribution in [0.3, 0.4) is 0 Å². The number of fused-ring (bicyclic) bond motifs is 5. The molecule has 4 heteroatoms. The lowest BCUT2D eigenvalue weighted by atomic mass is 9.95. The van der Waals surface area contributed by atoms with Gasteiger partial charge in [-0.15, -0.1) is 11.3 Å². The van der Waals surface area contributed by atoms with E-state index in [1.165, 1.54) is 47.6 Å². The zero-order valence-corrected chi connectivity index (χ0v) is 28.3. The largest absolute Gasteiger partial charge is 0.208 e. The smallest absolute Gasteiger partial charge is 0.164 e. The summed E-state index contributed by atoms with van der Waals surface area (Å²) < 4.78 is 2.61. The molecule has 10 aromatic rings. The second kappa shape index (κ2) is 12.1. The molecule has 0 saturated heterocycles. The van der Waals surface area contributed by atoms with Crippen LogP contribution in [0.2, 0.25) is 0 Å². The molecular weight excluding hydrogens is 639 g/mol. The van der Waals surface area contributed by atoms with E-state index in [0.717, 1.165) is 33.0 Å². The van der Waals surface area contributed by atoms with Gasteiger partial charge in [0.15, 0.2) is 17.5 Å². The predicted octanol–water partition coefficient (Wildman–Crippen LogP) is 12.9. The Morgan fingerprint density at radius 3 is 1.69 bits per heavy atom. The lowest BCUT2D eigenvalue weighted by Gasteiger charge is -2.12. The molecule has 2 aromatic heterocycles. The first-order valence-electron chi connectivity index (χ1n) is 17.1. The Balaban J connectivity index is 1.06. The number of benzene rings is 8. The third-order valence-electron chi connectivity index (χ3n) is 9.74. The number of rotatable bonds is 5. The summed E-state index contributed by atoms with van der Waals surface area (Å²) in [6, 6.07) is 62.2. The van der Waals surface area contributed by atoms with Gasteiger partial charge in [-0.05, 0) is 62.0 Å². The molecule has 0 atom stereocenters. The van der Waals surface area contributed by atoms with Crippen molar-refractivity contribution < 1.29 is 0 Å². The molecule has 10 rings (SSSR count). The molecule has 0 radical (unpaired) electrons. The average molecular weight is 668 g/mol. The van der Waals surface area contributed by atoms with E-state index in [0.29, 0.717) is 17.5 Å². The molecule has 0 bridgehead atoms. The predicted molar refractivity (Wildman–Crippen MR) is 215 cm³/mol.